The average Bonchev–Trinajstić information content (AvgIpc) is 2.88. The Labute approximate surface area is 214 Å². The number of carbonyl (C=O) groups excluding carboxylic acids is 1. The van der Waals surface area contributed by atoms with E-state index in [1.54, 1.807) is 30.0 Å². The third-order valence-electron chi connectivity index (χ3n) is 5.44. The Bertz CT molecular complexity index is 1350. The maximum Gasteiger partial charge on any atom is 0.337 e. The summed E-state index contributed by atoms with van der Waals surface area (Å²) in [5, 5.41) is 14.2. The number of ether oxygens (including phenoxy) is 2. The number of benzene rings is 4. The van der Waals surface area contributed by atoms with Crippen LogP contribution in [0.4, 0.5) is 5.69 Å². The molecule has 0 atom stereocenters. The minimum atomic E-state index is -1.08. The van der Waals surface area contributed by atoms with Gasteiger partial charge in [0.05, 0.1) is 24.3 Å². The van der Waals surface area contributed by atoms with Gasteiger partial charge in [-0.15, -0.1) is 0 Å². The van der Waals surface area contributed by atoms with Crippen molar-refractivity contribution in [3.63, 3.8) is 0 Å². The Hall–Kier alpha value is -3.81. The number of hydrogen-bond acceptors (Lipinski definition) is 5. The number of carboxylic acid groups (broad SMARTS) is 1. The van der Waals surface area contributed by atoms with Crippen LogP contribution in [0.15, 0.2) is 94.7 Å². The van der Waals surface area contributed by atoms with Gasteiger partial charge in [0.2, 0.25) is 5.91 Å². The minimum Gasteiger partial charge on any atom is -0.491 e. The Balaban J connectivity index is 1.35. The van der Waals surface area contributed by atoms with E-state index in [-0.39, 0.29) is 17.9 Å². The number of aromatic carboxylic acids is 1. The lowest BCUT2D eigenvalue weighted by molar-refractivity contribution is -0.115. The van der Waals surface area contributed by atoms with Crippen LogP contribution in [-0.2, 0) is 16.0 Å². The molecule has 0 aliphatic carbocycles. The Morgan fingerprint density at radius 1 is 0.861 bits per heavy atom. The second-order valence-electron chi connectivity index (χ2n) is 8.04. The fourth-order valence-electron chi connectivity index (χ4n) is 3.69. The molecule has 0 spiro atoms. The summed E-state index contributed by atoms with van der Waals surface area (Å²) < 4.78 is 11.1. The molecule has 4 aromatic rings. The highest BCUT2D eigenvalue weighted by atomic mass is 32.2. The van der Waals surface area contributed by atoms with E-state index in [9.17, 15) is 14.7 Å². The van der Waals surface area contributed by atoms with Crippen molar-refractivity contribution in [2.75, 3.05) is 25.1 Å². The van der Waals surface area contributed by atoms with E-state index in [1.165, 1.54) is 6.07 Å². The fourth-order valence-corrected chi connectivity index (χ4v) is 4.55. The van der Waals surface area contributed by atoms with Gasteiger partial charge in [0, 0.05) is 16.4 Å². The highest BCUT2D eigenvalue weighted by Crippen LogP contribution is 2.31. The highest BCUT2D eigenvalue weighted by molar-refractivity contribution is 7.99. The molecule has 4 rings (SSSR count). The Morgan fingerprint density at radius 3 is 2.36 bits per heavy atom. The van der Waals surface area contributed by atoms with Crippen molar-refractivity contribution in [2.24, 2.45) is 0 Å². The smallest absolute Gasteiger partial charge is 0.337 e. The number of fused-ring (bicyclic) bond motifs is 1. The van der Waals surface area contributed by atoms with E-state index in [1.807, 2.05) is 43.3 Å². The topological polar surface area (TPSA) is 84.9 Å². The maximum absolute atomic E-state index is 12.4. The molecule has 0 fully saturated rings. The van der Waals surface area contributed by atoms with Crippen LogP contribution in [0, 0.1) is 0 Å². The van der Waals surface area contributed by atoms with Gasteiger partial charge in [-0.05, 0) is 71.8 Å². The molecule has 0 saturated heterocycles. The number of carboxylic acids is 1. The molecule has 184 valence electrons. The molecule has 0 heterocycles. The largest absolute Gasteiger partial charge is 0.491 e. The molecule has 6 nitrogen and oxygen atoms in total. The van der Waals surface area contributed by atoms with Gasteiger partial charge in [-0.3, -0.25) is 4.79 Å². The lowest BCUT2D eigenvalue weighted by Crippen LogP contribution is -2.16. The molecule has 0 aliphatic heterocycles. The van der Waals surface area contributed by atoms with Gasteiger partial charge in [-0.25, -0.2) is 4.79 Å². The first kappa shape index (κ1) is 25.3. The summed E-state index contributed by atoms with van der Waals surface area (Å²) in [7, 11) is 0. The maximum atomic E-state index is 12.4. The van der Waals surface area contributed by atoms with Crippen LogP contribution in [0.1, 0.15) is 22.8 Å². The van der Waals surface area contributed by atoms with Crippen molar-refractivity contribution in [1.29, 1.82) is 0 Å². The summed E-state index contributed by atoms with van der Waals surface area (Å²) in [4.78, 5) is 26.0. The molecule has 0 radical (unpaired) electrons. The summed E-state index contributed by atoms with van der Waals surface area (Å²) in [5.41, 5.74) is 1.21. The summed E-state index contributed by atoms with van der Waals surface area (Å²) >= 11 is 1.65. The first-order valence-electron chi connectivity index (χ1n) is 11.6. The van der Waals surface area contributed by atoms with Crippen molar-refractivity contribution >= 4 is 40.1 Å². The third kappa shape index (κ3) is 6.87. The van der Waals surface area contributed by atoms with Gasteiger partial charge in [0.25, 0.3) is 0 Å². The zero-order chi connectivity index (χ0) is 25.3. The number of amides is 1. The number of nitrogens with one attached hydrogen (secondary N) is 1. The van der Waals surface area contributed by atoms with Gasteiger partial charge in [0.1, 0.15) is 12.4 Å². The molecule has 1 amide bonds. The predicted octanol–water partition coefficient (Wildman–Crippen LogP) is 6.29. The number of rotatable bonds is 11. The monoisotopic (exact) mass is 501 g/mol. The predicted molar refractivity (Wildman–Crippen MR) is 142 cm³/mol. The van der Waals surface area contributed by atoms with E-state index >= 15 is 0 Å². The average molecular weight is 502 g/mol. The number of anilines is 1. The highest BCUT2D eigenvalue weighted by Gasteiger charge is 2.12. The van der Waals surface area contributed by atoms with Crippen molar-refractivity contribution in [3.05, 3.63) is 96.1 Å². The van der Waals surface area contributed by atoms with Crippen molar-refractivity contribution in [1.82, 2.24) is 0 Å². The minimum absolute atomic E-state index is 0.0679. The lowest BCUT2D eigenvalue weighted by Gasteiger charge is -2.09. The number of carbonyl (C=O) groups is 2. The fraction of sp³-hybridized carbons (Fsp3) is 0.172. The molecule has 0 aromatic heterocycles. The van der Waals surface area contributed by atoms with Crippen LogP contribution in [0.5, 0.6) is 5.75 Å². The molecule has 0 saturated carbocycles. The molecule has 4 aromatic carbocycles. The molecule has 0 unspecified atom stereocenters. The van der Waals surface area contributed by atoms with E-state index in [0.29, 0.717) is 25.5 Å². The van der Waals surface area contributed by atoms with Gasteiger partial charge in [-0.1, -0.05) is 48.2 Å². The van der Waals surface area contributed by atoms with Crippen LogP contribution in [0.2, 0.25) is 0 Å². The summed E-state index contributed by atoms with van der Waals surface area (Å²) in [6.45, 7) is 3.75. The zero-order valence-electron chi connectivity index (χ0n) is 19.9. The van der Waals surface area contributed by atoms with E-state index < -0.39 is 5.97 Å². The van der Waals surface area contributed by atoms with Crippen molar-refractivity contribution < 1.29 is 24.2 Å². The van der Waals surface area contributed by atoms with E-state index in [2.05, 4.69) is 29.6 Å². The second-order valence-corrected chi connectivity index (χ2v) is 9.18. The standard InChI is InChI=1S/C29H27NO5S/c1-2-34-15-16-35-23-11-9-22-19-25(14-10-21(22)18-23)36-24-12-7-20(8-13-24)17-28(31)30-27-6-4-3-5-26(27)29(32)33/h3-14,18-19H,2,15-17H2,1H3,(H,30,31)(H,32,33). The normalized spacial score (nSPS) is 10.8. The summed E-state index contributed by atoms with van der Waals surface area (Å²) in [6.07, 6.45) is 0.157. The second kappa shape index (κ2) is 12.2. The van der Waals surface area contributed by atoms with Crippen LogP contribution < -0.4 is 10.1 Å². The van der Waals surface area contributed by atoms with Crippen LogP contribution >= 0.6 is 11.8 Å². The molecule has 36 heavy (non-hydrogen) atoms. The molecule has 7 heteroatoms. The third-order valence-corrected chi connectivity index (χ3v) is 6.44. The molecule has 2 N–H and O–H groups in total. The first-order valence-corrected chi connectivity index (χ1v) is 12.5. The Kier molecular flexibility index (Phi) is 8.60. The zero-order valence-corrected chi connectivity index (χ0v) is 20.7. The van der Waals surface area contributed by atoms with Crippen molar-refractivity contribution in [3.8, 4) is 5.75 Å². The van der Waals surface area contributed by atoms with Gasteiger partial charge in [0.15, 0.2) is 0 Å². The molecule has 0 bridgehead atoms. The molecule has 0 aliphatic rings. The van der Waals surface area contributed by atoms with Crippen LogP contribution in [0.25, 0.3) is 10.8 Å². The van der Waals surface area contributed by atoms with Crippen LogP contribution in [0.3, 0.4) is 0 Å². The summed E-state index contributed by atoms with van der Waals surface area (Å²) in [5.74, 6) is -0.513. The SMILES string of the molecule is CCOCCOc1ccc2cc(Sc3ccc(CC(=O)Nc4ccccc4C(=O)O)cc3)ccc2c1. The number of hydrogen-bond donors (Lipinski definition) is 2. The number of para-hydroxylation sites is 1. The van der Waals surface area contributed by atoms with E-state index in [0.717, 1.165) is 31.9 Å². The quantitative estimate of drug-likeness (QED) is 0.235. The van der Waals surface area contributed by atoms with Gasteiger partial charge < -0.3 is 19.9 Å². The first-order chi connectivity index (χ1) is 17.5. The summed E-state index contributed by atoms with van der Waals surface area (Å²) in [6, 6.07) is 26.5. The van der Waals surface area contributed by atoms with Crippen molar-refractivity contribution in [2.45, 2.75) is 23.1 Å². The van der Waals surface area contributed by atoms with E-state index in [4.69, 9.17) is 9.47 Å². The van der Waals surface area contributed by atoms with Crippen LogP contribution in [-0.4, -0.2) is 36.8 Å². The Morgan fingerprint density at radius 2 is 1.58 bits per heavy atom. The van der Waals surface area contributed by atoms with Gasteiger partial charge in [-0.2, -0.15) is 0 Å². The van der Waals surface area contributed by atoms with Gasteiger partial charge >= 0.3 is 5.97 Å². The lowest BCUT2D eigenvalue weighted by atomic mass is 10.1. The molecular weight excluding hydrogens is 474 g/mol. The molecular formula is C29H27NO5S.